The summed E-state index contributed by atoms with van der Waals surface area (Å²) >= 11 is 0. The van der Waals surface area contributed by atoms with Crippen molar-refractivity contribution in [2.45, 2.75) is 6.92 Å². The molecule has 21 heavy (non-hydrogen) atoms. The van der Waals surface area contributed by atoms with Crippen LogP contribution in [0.2, 0.25) is 0 Å². The van der Waals surface area contributed by atoms with Crippen molar-refractivity contribution in [1.29, 1.82) is 0 Å². The summed E-state index contributed by atoms with van der Waals surface area (Å²) in [6.45, 7) is 1.98. The van der Waals surface area contributed by atoms with E-state index in [1.165, 1.54) is 0 Å². The Morgan fingerprint density at radius 2 is 1.86 bits per heavy atom. The molecule has 0 spiro atoms. The zero-order valence-corrected chi connectivity index (χ0v) is 11.4. The summed E-state index contributed by atoms with van der Waals surface area (Å²) in [7, 11) is 0. The van der Waals surface area contributed by atoms with Crippen LogP contribution < -0.4 is 5.32 Å². The highest BCUT2D eigenvalue weighted by Gasteiger charge is 2.07. The third-order valence-electron chi connectivity index (χ3n) is 2.92. The normalized spacial score (nSPS) is 10.3. The molecule has 1 N–H and O–H groups in total. The van der Waals surface area contributed by atoms with E-state index in [2.05, 4.69) is 20.4 Å². The molecule has 0 aliphatic carbocycles. The molecule has 3 rings (SSSR count). The molecule has 0 atom stereocenters. The van der Waals surface area contributed by atoms with Gasteiger partial charge in [0.2, 0.25) is 0 Å². The first-order valence-corrected chi connectivity index (χ1v) is 6.42. The van der Waals surface area contributed by atoms with E-state index < -0.39 is 0 Å². The van der Waals surface area contributed by atoms with Crippen molar-refractivity contribution in [3.8, 4) is 5.95 Å². The smallest absolute Gasteiger partial charge is 0.255 e. The predicted octanol–water partition coefficient (Wildman–Crippen LogP) is 2.22. The fourth-order valence-corrected chi connectivity index (χ4v) is 1.80. The van der Waals surface area contributed by atoms with E-state index >= 15 is 0 Å². The highest BCUT2D eigenvalue weighted by molar-refractivity contribution is 6.04. The zero-order chi connectivity index (χ0) is 14.7. The Morgan fingerprint density at radius 3 is 2.48 bits per heavy atom. The lowest BCUT2D eigenvalue weighted by Crippen LogP contribution is -2.12. The fourth-order valence-electron chi connectivity index (χ4n) is 1.80. The molecule has 0 saturated carbocycles. The largest absolute Gasteiger partial charge is 0.319 e. The predicted molar refractivity (Wildman–Crippen MR) is 78.3 cm³/mol. The molecule has 0 fully saturated rings. The van der Waals surface area contributed by atoms with Crippen LogP contribution in [0.5, 0.6) is 0 Å². The number of aryl methyl sites for hydroxylation is 1. The number of rotatable bonds is 3. The number of anilines is 1. The average Bonchev–Trinajstić information content (AvgIpc) is 3.03. The molecule has 3 aromatic rings. The quantitative estimate of drug-likeness (QED) is 0.798. The second kappa shape index (κ2) is 5.54. The van der Waals surface area contributed by atoms with Gasteiger partial charge in [-0.3, -0.25) is 4.79 Å². The topological polar surface area (TPSA) is 72.7 Å². The van der Waals surface area contributed by atoms with E-state index in [1.54, 1.807) is 47.7 Å². The van der Waals surface area contributed by atoms with Crippen molar-refractivity contribution in [3.63, 3.8) is 0 Å². The first-order valence-electron chi connectivity index (χ1n) is 6.42. The van der Waals surface area contributed by atoms with Crippen LogP contribution in [0, 0.1) is 6.92 Å². The van der Waals surface area contributed by atoms with Crippen LogP contribution in [0.3, 0.4) is 0 Å². The molecule has 0 radical (unpaired) electrons. The Labute approximate surface area is 121 Å². The Morgan fingerprint density at radius 1 is 1.14 bits per heavy atom. The van der Waals surface area contributed by atoms with E-state index in [1.807, 2.05) is 19.1 Å². The van der Waals surface area contributed by atoms with Gasteiger partial charge in [0.1, 0.15) is 0 Å². The molecule has 2 aromatic heterocycles. The fraction of sp³-hybridized carbons (Fsp3) is 0.0667. The summed E-state index contributed by atoms with van der Waals surface area (Å²) < 4.78 is 1.55. The summed E-state index contributed by atoms with van der Waals surface area (Å²) in [5.41, 5.74) is 2.24. The van der Waals surface area contributed by atoms with Gasteiger partial charge in [-0.15, -0.1) is 0 Å². The lowest BCUT2D eigenvalue weighted by Gasteiger charge is -2.05. The number of nitrogens with one attached hydrogen (secondary N) is 1. The maximum atomic E-state index is 12.1. The molecular weight excluding hydrogens is 266 g/mol. The van der Waals surface area contributed by atoms with Crippen molar-refractivity contribution in [2.75, 3.05) is 5.32 Å². The Bertz CT molecular complexity index is 733. The van der Waals surface area contributed by atoms with Crippen molar-refractivity contribution >= 4 is 11.6 Å². The number of nitrogens with zero attached hydrogens (tertiary/aromatic N) is 4. The van der Waals surface area contributed by atoms with Gasteiger partial charge in [-0.1, -0.05) is 17.7 Å². The molecule has 0 unspecified atom stereocenters. The van der Waals surface area contributed by atoms with Crippen molar-refractivity contribution < 1.29 is 4.79 Å². The van der Waals surface area contributed by atoms with Crippen molar-refractivity contribution in [3.05, 3.63) is 66.2 Å². The van der Waals surface area contributed by atoms with Gasteiger partial charge in [0.05, 0.1) is 18.1 Å². The minimum Gasteiger partial charge on any atom is -0.319 e. The third kappa shape index (κ3) is 2.94. The van der Waals surface area contributed by atoms with E-state index in [9.17, 15) is 4.79 Å². The van der Waals surface area contributed by atoms with Crippen molar-refractivity contribution in [1.82, 2.24) is 19.7 Å². The van der Waals surface area contributed by atoms with Gasteiger partial charge >= 0.3 is 0 Å². The lowest BCUT2D eigenvalue weighted by atomic mass is 10.1. The number of carbonyl (C=O) groups excluding carboxylic acids is 1. The van der Waals surface area contributed by atoms with Crippen LogP contribution in [-0.4, -0.2) is 25.7 Å². The lowest BCUT2D eigenvalue weighted by molar-refractivity contribution is 0.102. The summed E-state index contributed by atoms with van der Waals surface area (Å²) in [5.74, 6) is 0.263. The van der Waals surface area contributed by atoms with Gasteiger partial charge < -0.3 is 5.32 Å². The molecule has 0 aliphatic heterocycles. The van der Waals surface area contributed by atoms with E-state index in [-0.39, 0.29) is 5.91 Å². The standard InChI is InChI=1S/C15H13N5O/c1-11-3-5-12(6-4-11)14(21)19-13-9-16-15(17-10-13)20-8-2-7-18-20/h2-10H,1H3,(H,19,21). The first-order chi connectivity index (χ1) is 10.2. The number of hydrogen-bond donors (Lipinski definition) is 1. The van der Waals surface area contributed by atoms with E-state index in [4.69, 9.17) is 0 Å². The Balaban J connectivity index is 1.73. The SMILES string of the molecule is Cc1ccc(C(=O)Nc2cnc(-n3cccn3)nc2)cc1. The molecule has 6 heteroatoms. The molecule has 0 saturated heterocycles. The molecule has 1 aromatic carbocycles. The van der Waals surface area contributed by atoms with Crippen LogP contribution >= 0.6 is 0 Å². The van der Waals surface area contributed by atoms with Gasteiger partial charge in [0, 0.05) is 18.0 Å². The molecule has 0 bridgehead atoms. The second-order valence-electron chi connectivity index (χ2n) is 4.54. The summed E-state index contributed by atoms with van der Waals surface area (Å²) in [4.78, 5) is 20.4. The van der Waals surface area contributed by atoms with Crippen LogP contribution in [0.15, 0.2) is 55.1 Å². The van der Waals surface area contributed by atoms with Crippen LogP contribution in [-0.2, 0) is 0 Å². The van der Waals surface area contributed by atoms with E-state index in [0.29, 0.717) is 17.2 Å². The monoisotopic (exact) mass is 279 g/mol. The third-order valence-corrected chi connectivity index (χ3v) is 2.92. The summed E-state index contributed by atoms with van der Waals surface area (Å²) in [6, 6.07) is 9.14. The highest BCUT2D eigenvalue weighted by Crippen LogP contribution is 2.09. The van der Waals surface area contributed by atoms with Gasteiger partial charge in [-0.2, -0.15) is 5.10 Å². The van der Waals surface area contributed by atoms with Gasteiger partial charge in [-0.05, 0) is 25.1 Å². The molecule has 0 aliphatic rings. The summed E-state index contributed by atoms with van der Waals surface area (Å²) in [6.07, 6.45) is 6.50. The number of amides is 1. The number of benzene rings is 1. The minimum absolute atomic E-state index is 0.189. The van der Waals surface area contributed by atoms with Gasteiger partial charge in [0.25, 0.3) is 11.9 Å². The van der Waals surface area contributed by atoms with Crippen LogP contribution in [0.4, 0.5) is 5.69 Å². The van der Waals surface area contributed by atoms with E-state index in [0.717, 1.165) is 5.56 Å². The highest BCUT2D eigenvalue weighted by atomic mass is 16.1. The minimum atomic E-state index is -0.189. The van der Waals surface area contributed by atoms with Gasteiger partial charge in [-0.25, -0.2) is 14.6 Å². The average molecular weight is 279 g/mol. The number of hydrogen-bond acceptors (Lipinski definition) is 4. The zero-order valence-electron chi connectivity index (χ0n) is 11.4. The molecular formula is C15H13N5O. The molecule has 104 valence electrons. The number of carbonyl (C=O) groups is 1. The Kier molecular flexibility index (Phi) is 3.42. The van der Waals surface area contributed by atoms with Crippen molar-refractivity contribution in [2.24, 2.45) is 0 Å². The second-order valence-corrected chi connectivity index (χ2v) is 4.54. The van der Waals surface area contributed by atoms with Crippen LogP contribution in [0.25, 0.3) is 5.95 Å². The van der Waals surface area contributed by atoms with Crippen LogP contribution in [0.1, 0.15) is 15.9 Å². The Hall–Kier alpha value is -3.02. The molecule has 2 heterocycles. The maximum Gasteiger partial charge on any atom is 0.255 e. The molecule has 1 amide bonds. The first kappa shape index (κ1) is 13.0. The number of aromatic nitrogens is 4. The van der Waals surface area contributed by atoms with Gasteiger partial charge in [0.15, 0.2) is 0 Å². The molecule has 6 nitrogen and oxygen atoms in total. The summed E-state index contributed by atoms with van der Waals surface area (Å²) in [5, 5.41) is 6.79. The maximum absolute atomic E-state index is 12.1.